The highest BCUT2D eigenvalue weighted by Gasteiger charge is 2.18. The van der Waals surface area contributed by atoms with Crippen LogP contribution in [0.4, 0.5) is 5.82 Å². The van der Waals surface area contributed by atoms with Gasteiger partial charge in [-0.25, -0.2) is 4.68 Å². The van der Waals surface area contributed by atoms with E-state index >= 15 is 0 Å². The van der Waals surface area contributed by atoms with Crippen molar-refractivity contribution in [3.8, 4) is 11.3 Å². The number of aromatic nitrogens is 2. The number of aliphatic hydroxyl groups is 1. The van der Waals surface area contributed by atoms with Crippen LogP contribution in [-0.2, 0) is 17.7 Å². The van der Waals surface area contributed by atoms with Crippen molar-refractivity contribution in [3.05, 3.63) is 35.9 Å². The minimum Gasteiger partial charge on any atom is -0.394 e. The molecule has 2 aromatic rings. The Bertz CT molecular complexity index is 616. The van der Waals surface area contributed by atoms with Crippen molar-refractivity contribution in [2.75, 3.05) is 25.1 Å². The molecule has 0 aliphatic carbocycles. The lowest BCUT2D eigenvalue weighted by atomic mass is 10.1. The van der Waals surface area contributed by atoms with Crippen LogP contribution in [0.3, 0.4) is 0 Å². The molecule has 2 N–H and O–H groups in total. The molecule has 0 saturated carbocycles. The Morgan fingerprint density at radius 2 is 2.17 bits per heavy atom. The van der Waals surface area contributed by atoms with Crippen LogP contribution in [0.15, 0.2) is 30.3 Å². The minimum absolute atomic E-state index is 0.0758. The Balaban J connectivity index is 1.80. The number of aliphatic hydroxyl groups excluding tert-OH is 1. The van der Waals surface area contributed by atoms with Crippen molar-refractivity contribution in [1.82, 2.24) is 9.78 Å². The summed E-state index contributed by atoms with van der Waals surface area (Å²) in [6.45, 7) is 4.29. The number of hydrogen-bond donors (Lipinski definition) is 2. The van der Waals surface area contributed by atoms with E-state index in [4.69, 9.17) is 4.74 Å². The summed E-state index contributed by atoms with van der Waals surface area (Å²) in [5.41, 5.74) is 3.39. The SMILES string of the molecule is CCCc1ccc(-c2cc(NC3CCOC3)n(CCO)n2)cc1. The second-order valence-electron chi connectivity index (χ2n) is 6.01. The maximum absolute atomic E-state index is 9.27. The summed E-state index contributed by atoms with van der Waals surface area (Å²) in [5.74, 6) is 0.946. The van der Waals surface area contributed by atoms with E-state index in [0.717, 1.165) is 49.6 Å². The normalized spacial score (nSPS) is 17.6. The zero-order valence-corrected chi connectivity index (χ0v) is 13.7. The first-order valence-electron chi connectivity index (χ1n) is 8.42. The lowest BCUT2D eigenvalue weighted by Gasteiger charge is -2.13. The van der Waals surface area contributed by atoms with Gasteiger partial charge in [0.15, 0.2) is 0 Å². The van der Waals surface area contributed by atoms with Gasteiger partial charge in [0.1, 0.15) is 5.82 Å². The molecule has 3 rings (SSSR count). The van der Waals surface area contributed by atoms with Crippen molar-refractivity contribution in [3.63, 3.8) is 0 Å². The van der Waals surface area contributed by atoms with Crippen LogP contribution in [0.25, 0.3) is 11.3 Å². The van der Waals surface area contributed by atoms with Crippen LogP contribution >= 0.6 is 0 Å². The molecule has 5 heteroatoms. The van der Waals surface area contributed by atoms with E-state index in [1.54, 1.807) is 0 Å². The lowest BCUT2D eigenvalue weighted by molar-refractivity contribution is 0.195. The number of aryl methyl sites for hydroxylation is 1. The van der Waals surface area contributed by atoms with Crippen molar-refractivity contribution in [2.45, 2.75) is 38.8 Å². The van der Waals surface area contributed by atoms with Crippen LogP contribution in [0.2, 0.25) is 0 Å². The number of anilines is 1. The molecule has 1 aliphatic rings. The number of benzene rings is 1. The molecule has 23 heavy (non-hydrogen) atoms. The molecular weight excluding hydrogens is 290 g/mol. The number of rotatable bonds is 7. The minimum atomic E-state index is 0.0758. The fourth-order valence-electron chi connectivity index (χ4n) is 2.93. The Kier molecular flexibility index (Phi) is 5.31. The molecule has 0 spiro atoms. The quantitative estimate of drug-likeness (QED) is 0.825. The first-order valence-corrected chi connectivity index (χ1v) is 8.42. The molecule has 5 nitrogen and oxygen atoms in total. The molecule has 1 unspecified atom stereocenters. The van der Waals surface area contributed by atoms with Crippen molar-refractivity contribution in [2.24, 2.45) is 0 Å². The molecule has 2 heterocycles. The average Bonchev–Trinajstić information content (AvgIpc) is 3.20. The molecule has 1 aromatic heterocycles. The van der Waals surface area contributed by atoms with E-state index in [-0.39, 0.29) is 6.61 Å². The van der Waals surface area contributed by atoms with Gasteiger partial charge in [-0.1, -0.05) is 37.6 Å². The number of nitrogens with one attached hydrogen (secondary N) is 1. The van der Waals surface area contributed by atoms with Crippen LogP contribution in [0, 0.1) is 0 Å². The summed E-state index contributed by atoms with van der Waals surface area (Å²) in [6, 6.07) is 11.0. The number of nitrogens with zero attached hydrogens (tertiary/aromatic N) is 2. The molecule has 1 saturated heterocycles. The first-order chi connectivity index (χ1) is 11.3. The third kappa shape index (κ3) is 3.92. The topological polar surface area (TPSA) is 59.3 Å². The van der Waals surface area contributed by atoms with Crippen LogP contribution in [0.5, 0.6) is 0 Å². The van der Waals surface area contributed by atoms with Gasteiger partial charge in [0.25, 0.3) is 0 Å². The van der Waals surface area contributed by atoms with E-state index in [1.807, 2.05) is 4.68 Å². The predicted octanol–water partition coefficient (Wildman–Crippen LogP) is 2.70. The van der Waals surface area contributed by atoms with Gasteiger partial charge in [-0.2, -0.15) is 5.10 Å². The molecule has 1 aliphatic heterocycles. The molecule has 0 amide bonds. The Labute approximate surface area is 137 Å². The van der Waals surface area contributed by atoms with Gasteiger partial charge >= 0.3 is 0 Å². The smallest absolute Gasteiger partial charge is 0.125 e. The van der Waals surface area contributed by atoms with Crippen LogP contribution in [-0.4, -0.2) is 40.7 Å². The number of ether oxygens (including phenoxy) is 1. The molecule has 1 fully saturated rings. The Morgan fingerprint density at radius 3 is 2.83 bits per heavy atom. The van der Waals surface area contributed by atoms with Gasteiger partial charge in [0, 0.05) is 18.2 Å². The van der Waals surface area contributed by atoms with Gasteiger partial charge < -0.3 is 15.2 Å². The molecule has 124 valence electrons. The Hall–Kier alpha value is -1.85. The molecule has 0 radical (unpaired) electrons. The molecule has 1 aromatic carbocycles. The van der Waals surface area contributed by atoms with E-state index < -0.39 is 0 Å². The maximum Gasteiger partial charge on any atom is 0.125 e. The highest BCUT2D eigenvalue weighted by molar-refractivity contribution is 5.63. The molecular formula is C18H25N3O2. The third-order valence-electron chi connectivity index (χ3n) is 4.16. The number of hydrogen-bond acceptors (Lipinski definition) is 4. The summed E-state index contributed by atoms with van der Waals surface area (Å²) in [5, 5.41) is 17.4. The summed E-state index contributed by atoms with van der Waals surface area (Å²) >= 11 is 0. The first kappa shape index (κ1) is 16.0. The zero-order chi connectivity index (χ0) is 16.1. The summed E-state index contributed by atoms with van der Waals surface area (Å²) in [7, 11) is 0. The van der Waals surface area contributed by atoms with E-state index in [0.29, 0.717) is 12.6 Å². The van der Waals surface area contributed by atoms with Crippen molar-refractivity contribution < 1.29 is 9.84 Å². The zero-order valence-electron chi connectivity index (χ0n) is 13.7. The summed E-state index contributed by atoms with van der Waals surface area (Å²) < 4.78 is 7.26. The van der Waals surface area contributed by atoms with Gasteiger partial charge in [-0.05, 0) is 18.4 Å². The monoisotopic (exact) mass is 315 g/mol. The third-order valence-corrected chi connectivity index (χ3v) is 4.16. The average molecular weight is 315 g/mol. The van der Waals surface area contributed by atoms with Crippen LogP contribution < -0.4 is 5.32 Å². The summed E-state index contributed by atoms with van der Waals surface area (Å²) in [4.78, 5) is 0. The van der Waals surface area contributed by atoms with Crippen molar-refractivity contribution >= 4 is 5.82 Å². The standard InChI is InChI=1S/C18H25N3O2/c1-2-3-14-4-6-15(7-5-14)17-12-18(21(20-17)9-10-22)19-16-8-11-23-13-16/h4-7,12,16,19,22H,2-3,8-11,13H2,1H3. The van der Waals surface area contributed by atoms with Gasteiger partial charge in [-0.15, -0.1) is 0 Å². The summed E-state index contributed by atoms with van der Waals surface area (Å²) in [6.07, 6.45) is 3.26. The van der Waals surface area contributed by atoms with E-state index in [1.165, 1.54) is 5.56 Å². The highest BCUT2D eigenvalue weighted by Crippen LogP contribution is 2.24. The van der Waals surface area contributed by atoms with Gasteiger partial charge in [-0.3, -0.25) is 0 Å². The van der Waals surface area contributed by atoms with E-state index in [2.05, 4.69) is 47.7 Å². The highest BCUT2D eigenvalue weighted by atomic mass is 16.5. The molecule has 1 atom stereocenters. The van der Waals surface area contributed by atoms with Crippen LogP contribution in [0.1, 0.15) is 25.3 Å². The second-order valence-corrected chi connectivity index (χ2v) is 6.01. The fourth-order valence-corrected chi connectivity index (χ4v) is 2.93. The van der Waals surface area contributed by atoms with Gasteiger partial charge in [0.05, 0.1) is 31.5 Å². The Morgan fingerprint density at radius 1 is 1.35 bits per heavy atom. The van der Waals surface area contributed by atoms with Gasteiger partial charge in [0.2, 0.25) is 0 Å². The second kappa shape index (κ2) is 7.62. The largest absolute Gasteiger partial charge is 0.394 e. The maximum atomic E-state index is 9.27. The van der Waals surface area contributed by atoms with Crippen molar-refractivity contribution in [1.29, 1.82) is 0 Å². The predicted molar refractivity (Wildman–Crippen MR) is 91.6 cm³/mol. The van der Waals surface area contributed by atoms with E-state index in [9.17, 15) is 5.11 Å². The lowest BCUT2D eigenvalue weighted by Crippen LogP contribution is -2.21. The molecule has 0 bridgehead atoms. The fraction of sp³-hybridized carbons (Fsp3) is 0.500.